The first kappa shape index (κ1) is 19.6. The maximum atomic E-state index is 12.1. The zero-order valence-corrected chi connectivity index (χ0v) is 16.6. The van der Waals surface area contributed by atoms with E-state index in [-0.39, 0.29) is 12.5 Å². The molecule has 0 aromatic heterocycles. The van der Waals surface area contributed by atoms with E-state index in [2.05, 4.69) is 40.1 Å². The minimum Gasteiger partial charge on any atom is -0.376 e. The monoisotopic (exact) mass is 391 g/mol. The maximum absolute atomic E-state index is 12.1. The molecule has 0 heterocycles. The molecule has 28 heavy (non-hydrogen) atoms. The summed E-state index contributed by atoms with van der Waals surface area (Å²) < 4.78 is 0. The molecule has 3 rings (SSSR count). The molecule has 0 radical (unpaired) electrons. The second kappa shape index (κ2) is 9.20. The minimum atomic E-state index is -0.223. The molecule has 0 aliphatic rings. The van der Waals surface area contributed by atoms with E-state index in [1.165, 1.54) is 5.56 Å². The number of benzene rings is 3. The van der Waals surface area contributed by atoms with E-state index in [0.717, 1.165) is 28.1 Å². The van der Waals surface area contributed by atoms with E-state index in [4.69, 9.17) is 11.6 Å². The van der Waals surface area contributed by atoms with Crippen molar-refractivity contribution in [3.8, 4) is 11.1 Å². The van der Waals surface area contributed by atoms with Gasteiger partial charge in [0.2, 0.25) is 0 Å². The summed E-state index contributed by atoms with van der Waals surface area (Å²) in [6, 6.07) is 23.8. The van der Waals surface area contributed by atoms with E-state index in [0.29, 0.717) is 5.02 Å². The average molecular weight is 392 g/mol. The molecule has 2 N–H and O–H groups in total. The van der Waals surface area contributed by atoms with Crippen LogP contribution in [0.5, 0.6) is 0 Å². The van der Waals surface area contributed by atoms with Gasteiger partial charge < -0.3 is 5.32 Å². The van der Waals surface area contributed by atoms with Gasteiger partial charge in [0.1, 0.15) is 0 Å². The molecule has 0 atom stereocenters. The first-order valence-corrected chi connectivity index (χ1v) is 9.40. The van der Waals surface area contributed by atoms with Gasteiger partial charge in [-0.15, -0.1) is 0 Å². The Bertz CT molecular complexity index is 982. The molecule has 0 unspecified atom stereocenters. The summed E-state index contributed by atoms with van der Waals surface area (Å²) in [5.41, 5.74) is 8.34. The summed E-state index contributed by atoms with van der Waals surface area (Å²) in [6.45, 7) is 3.89. The molecule has 142 valence electrons. The van der Waals surface area contributed by atoms with Crippen molar-refractivity contribution in [2.75, 3.05) is 11.9 Å². The number of carbonyl (C=O) groups is 1. The van der Waals surface area contributed by atoms with Crippen LogP contribution in [-0.2, 0) is 4.79 Å². The maximum Gasteiger partial charge on any atom is 0.259 e. The lowest BCUT2D eigenvalue weighted by atomic mass is 10.0. The largest absolute Gasteiger partial charge is 0.376 e. The lowest BCUT2D eigenvalue weighted by Crippen LogP contribution is -2.27. The summed E-state index contributed by atoms with van der Waals surface area (Å²) in [5.74, 6) is -0.223. The van der Waals surface area contributed by atoms with E-state index >= 15 is 0 Å². The normalized spacial score (nSPS) is 11.2. The number of carbonyl (C=O) groups excluding carboxylic acids is 1. The predicted molar refractivity (Wildman–Crippen MR) is 117 cm³/mol. The molecule has 0 spiro atoms. The van der Waals surface area contributed by atoms with Gasteiger partial charge in [-0.05, 0) is 48.2 Å². The van der Waals surface area contributed by atoms with Crippen molar-refractivity contribution in [3.63, 3.8) is 0 Å². The second-order valence-corrected chi connectivity index (χ2v) is 6.85. The molecule has 0 aliphatic heterocycles. The molecule has 0 bridgehead atoms. The Labute approximate surface area is 170 Å². The summed E-state index contributed by atoms with van der Waals surface area (Å²) in [4.78, 5) is 12.1. The van der Waals surface area contributed by atoms with Crippen molar-refractivity contribution in [2.45, 2.75) is 13.8 Å². The molecule has 4 nitrogen and oxygen atoms in total. The lowest BCUT2D eigenvalue weighted by molar-refractivity contribution is -0.119. The highest BCUT2D eigenvalue weighted by molar-refractivity contribution is 6.31. The number of halogens is 1. The number of anilines is 1. The third-order valence-corrected chi connectivity index (χ3v) is 4.87. The smallest absolute Gasteiger partial charge is 0.259 e. The summed E-state index contributed by atoms with van der Waals surface area (Å²) in [6.07, 6.45) is 0. The summed E-state index contributed by atoms with van der Waals surface area (Å²) in [5, 5.41) is 7.94. The molecule has 0 fully saturated rings. The molecular weight excluding hydrogens is 370 g/mol. The van der Waals surface area contributed by atoms with Gasteiger partial charge in [-0.1, -0.05) is 72.3 Å². The van der Waals surface area contributed by atoms with Crippen LogP contribution in [-0.4, -0.2) is 18.2 Å². The van der Waals surface area contributed by atoms with Crippen molar-refractivity contribution in [2.24, 2.45) is 5.10 Å². The number of hydrazone groups is 1. The Hall–Kier alpha value is -3.11. The van der Waals surface area contributed by atoms with Crippen LogP contribution in [0.2, 0.25) is 5.02 Å². The highest BCUT2D eigenvalue weighted by atomic mass is 35.5. The number of hydrogen-bond acceptors (Lipinski definition) is 3. The first-order valence-electron chi connectivity index (χ1n) is 9.02. The molecule has 1 amide bonds. The zero-order valence-electron chi connectivity index (χ0n) is 15.9. The summed E-state index contributed by atoms with van der Waals surface area (Å²) >= 11 is 6.09. The Balaban J connectivity index is 1.57. The van der Waals surface area contributed by atoms with Crippen LogP contribution < -0.4 is 10.7 Å². The topological polar surface area (TPSA) is 53.5 Å². The number of nitrogens with zero attached hydrogens (tertiary/aromatic N) is 1. The van der Waals surface area contributed by atoms with Gasteiger partial charge >= 0.3 is 0 Å². The van der Waals surface area contributed by atoms with Crippen molar-refractivity contribution >= 4 is 28.9 Å². The van der Waals surface area contributed by atoms with Crippen LogP contribution in [0.15, 0.2) is 77.9 Å². The van der Waals surface area contributed by atoms with Crippen LogP contribution in [0.4, 0.5) is 5.69 Å². The SMILES string of the molecule is C/C(=N\NC(=O)CNc1cccc(Cl)c1C)c1ccc(-c2ccccc2)cc1. The fourth-order valence-electron chi connectivity index (χ4n) is 2.76. The quantitative estimate of drug-likeness (QED) is 0.444. The molecular formula is C23H22ClN3O. The highest BCUT2D eigenvalue weighted by Gasteiger charge is 2.05. The van der Waals surface area contributed by atoms with E-state index in [1.807, 2.05) is 62.4 Å². The molecule has 3 aromatic carbocycles. The molecule has 0 saturated heterocycles. The van der Waals surface area contributed by atoms with Crippen LogP contribution in [0, 0.1) is 6.92 Å². The minimum absolute atomic E-state index is 0.116. The Morgan fingerprint density at radius 3 is 2.32 bits per heavy atom. The lowest BCUT2D eigenvalue weighted by Gasteiger charge is -2.10. The van der Waals surface area contributed by atoms with Gasteiger partial charge in [0, 0.05) is 10.7 Å². The predicted octanol–water partition coefficient (Wildman–Crippen LogP) is 5.27. The van der Waals surface area contributed by atoms with Gasteiger partial charge in [0.15, 0.2) is 0 Å². The fourth-order valence-corrected chi connectivity index (χ4v) is 2.93. The van der Waals surface area contributed by atoms with Crippen molar-refractivity contribution < 1.29 is 4.79 Å². The van der Waals surface area contributed by atoms with Crippen LogP contribution >= 0.6 is 11.6 Å². The molecule has 5 heteroatoms. The Morgan fingerprint density at radius 1 is 0.929 bits per heavy atom. The van der Waals surface area contributed by atoms with Crippen LogP contribution in [0.3, 0.4) is 0 Å². The molecule has 0 aliphatic carbocycles. The first-order chi connectivity index (χ1) is 13.5. The van der Waals surface area contributed by atoms with Crippen LogP contribution in [0.25, 0.3) is 11.1 Å². The zero-order chi connectivity index (χ0) is 19.9. The Kier molecular flexibility index (Phi) is 6.45. The Morgan fingerprint density at radius 2 is 1.61 bits per heavy atom. The van der Waals surface area contributed by atoms with Gasteiger partial charge in [-0.3, -0.25) is 4.79 Å². The number of rotatable bonds is 6. The summed E-state index contributed by atoms with van der Waals surface area (Å²) in [7, 11) is 0. The van der Waals surface area contributed by atoms with E-state index < -0.39 is 0 Å². The van der Waals surface area contributed by atoms with E-state index in [1.54, 1.807) is 0 Å². The fraction of sp³-hybridized carbons (Fsp3) is 0.130. The standard InChI is InChI=1S/C23H22ClN3O/c1-16-21(24)9-6-10-22(16)25-15-23(28)27-26-17(2)18-11-13-20(14-12-18)19-7-4-3-5-8-19/h3-14,25H,15H2,1-2H3,(H,27,28)/b26-17+. The molecule has 0 saturated carbocycles. The van der Waals surface area contributed by atoms with E-state index in [9.17, 15) is 4.79 Å². The third-order valence-electron chi connectivity index (χ3n) is 4.47. The van der Waals surface area contributed by atoms with Gasteiger partial charge in [0.05, 0.1) is 12.3 Å². The van der Waals surface area contributed by atoms with Crippen LogP contribution in [0.1, 0.15) is 18.1 Å². The number of nitrogens with one attached hydrogen (secondary N) is 2. The molecule has 3 aromatic rings. The van der Waals surface area contributed by atoms with Crippen molar-refractivity contribution in [1.82, 2.24) is 5.43 Å². The van der Waals surface area contributed by atoms with Gasteiger partial charge in [0.25, 0.3) is 5.91 Å². The number of hydrogen-bond donors (Lipinski definition) is 2. The number of amides is 1. The van der Waals surface area contributed by atoms with Gasteiger partial charge in [-0.2, -0.15) is 5.10 Å². The third kappa shape index (κ3) is 4.99. The average Bonchev–Trinajstić information content (AvgIpc) is 2.74. The van der Waals surface area contributed by atoms with Crippen molar-refractivity contribution in [1.29, 1.82) is 0 Å². The van der Waals surface area contributed by atoms with Gasteiger partial charge in [-0.25, -0.2) is 5.43 Å². The highest BCUT2D eigenvalue weighted by Crippen LogP contribution is 2.22. The van der Waals surface area contributed by atoms with Crippen molar-refractivity contribution in [3.05, 3.63) is 88.9 Å². The second-order valence-electron chi connectivity index (χ2n) is 6.44.